The highest BCUT2D eigenvalue weighted by Gasteiger charge is 2.30. The Morgan fingerprint density at radius 1 is 1.38 bits per heavy atom. The van der Waals surface area contributed by atoms with Crippen LogP contribution in [0.4, 0.5) is 4.39 Å². The molecule has 16 heavy (non-hydrogen) atoms. The Kier molecular flexibility index (Phi) is 2.14. The van der Waals surface area contributed by atoms with Gasteiger partial charge in [-0.3, -0.25) is 0 Å². The average Bonchev–Trinajstić information content (AvgIpc) is 2.96. The van der Waals surface area contributed by atoms with Gasteiger partial charge in [-0.2, -0.15) is 10.1 Å². The van der Waals surface area contributed by atoms with E-state index in [2.05, 4.69) is 15.1 Å². The lowest BCUT2D eigenvalue weighted by Crippen LogP contribution is -2.06. The van der Waals surface area contributed by atoms with Gasteiger partial charge in [-0.15, -0.1) is 0 Å². The third kappa shape index (κ3) is 1.57. The van der Waals surface area contributed by atoms with E-state index in [1.807, 2.05) is 0 Å². The van der Waals surface area contributed by atoms with Gasteiger partial charge in [-0.25, -0.2) is 14.1 Å². The molecule has 0 atom stereocenters. The summed E-state index contributed by atoms with van der Waals surface area (Å²) in [5.74, 6) is 0.00758. The minimum atomic E-state index is -0.500. The lowest BCUT2D eigenvalue weighted by molar-refractivity contribution is 0.586. The molecule has 6 heteroatoms. The predicted octanol–water partition coefficient (Wildman–Crippen LogP) is 2.33. The van der Waals surface area contributed by atoms with E-state index in [-0.39, 0.29) is 11.1 Å². The van der Waals surface area contributed by atoms with Gasteiger partial charge in [0, 0.05) is 18.3 Å². The third-order valence-corrected chi connectivity index (χ3v) is 2.75. The second-order valence-corrected chi connectivity index (χ2v) is 4.10. The van der Waals surface area contributed by atoms with Gasteiger partial charge < -0.3 is 0 Å². The van der Waals surface area contributed by atoms with Crippen molar-refractivity contribution in [3.05, 3.63) is 35.1 Å². The van der Waals surface area contributed by atoms with Gasteiger partial charge >= 0.3 is 0 Å². The standard InChI is InChI=1S/C10H8ClFN4/c11-9-7(12)8(6-2-3-6)14-10(15-9)16-5-1-4-13-16/h1,4-6H,2-3H2. The van der Waals surface area contributed by atoms with Crippen LogP contribution in [0.3, 0.4) is 0 Å². The molecule has 0 N–H and O–H groups in total. The van der Waals surface area contributed by atoms with Crippen molar-refractivity contribution in [1.29, 1.82) is 0 Å². The molecule has 0 amide bonds. The molecule has 1 aliphatic rings. The summed E-state index contributed by atoms with van der Waals surface area (Å²) >= 11 is 5.74. The van der Waals surface area contributed by atoms with Crippen molar-refractivity contribution in [3.63, 3.8) is 0 Å². The van der Waals surface area contributed by atoms with E-state index in [9.17, 15) is 4.39 Å². The molecule has 0 radical (unpaired) electrons. The van der Waals surface area contributed by atoms with Crippen molar-refractivity contribution < 1.29 is 4.39 Å². The zero-order chi connectivity index (χ0) is 11.1. The quantitative estimate of drug-likeness (QED) is 0.755. The molecule has 82 valence electrons. The fourth-order valence-corrected chi connectivity index (χ4v) is 1.71. The zero-order valence-corrected chi connectivity index (χ0v) is 9.02. The third-order valence-electron chi connectivity index (χ3n) is 2.50. The maximum atomic E-state index is 13.6. The molecular weight excluding hydrogens is 231 g/mol. The van der Waals surface area contributed by atoms with Crippen molar-refractivity contribution in [1.82, 2.24) is 19.7 Å². The molecule has 3 rings (SSSR count). The predicted molar refractivity (Wildman–Crippen MR) is 56.1 cm³/mol. The topological polar surface area (TPSA) is 43.6 Å². The summed E-state index contributed by atoms with van der Waals surface area (Å²) in [7, 11) is 0. The van der Waals surface area contributed by atoms with E-state index in [0.29, 0.717) is 11.6 Å². The Balaban J connectivity index is 2.13. The lowest BCUT2D eigenvalue weighted by Gasteiger charge is -2.05. The highest BCUT2D eigenvalue weighted by Crippen LogP contribution is 2.41. The van der Waals surface area contributed by atoms with E-state index < -0.39 is 5.82 Å². The van der Waals surface area contributed by atoms with Crippen molar-refractivity contribution in [3.8, 4) is 5.95 Å². The first kappa shape index (κ1) is 9.72. The molecule has 1 aliphatic carbocycles. The Labute approximate surface area is 96.1 Å². The molecule has 4 nitrogen and oxygen atoms in total. The smallest absolute Gasteiger partial charge is 0.213 e. The number of halogens is 2. The van der Waals surface area contributed by atoms with Crippen LogP contribution in [-0.4, -0.2) is 19.7 Å². The van der Waals surface area contributed by atoms with Crippen LogP contribution in [0, 0.1) is 5.82 Å². The maximum absolute atomic E-state index is 13.6. The van der Waals surface area contributed by atoms with Crippen LogP contribution in [0.5, 0.6) is 0 Å². The van der Waals surface area contributed by atoms with Gasteiger partial charge in [0.15, 0.2) is 11.0 Å². The van der Waals surface area contributed by atoms with Crippen LogP contribution < -0.4 is 0 Å². The van der Waals surface area contributed by atoms with Crippen molar-refractivity contribution >= 4 is 11.6 Å². The summed E-state index contributed by atoms with van der Waals surface area (Å²) in [6.45, 7) is 0. The Morgan fingerprint density at radius 3 is 2.81 bits per heavy atom. The first-order chi connectivity index (χ1) is 7.75. The molecule has 0 spiro atoms. The van der Waals surface area contributed by atoms with Gasteiger partial charge in [-0.1, -0.05) is 11.6 Å². The van der Waals surface area contributed by atoms with Gasteiger partial charge in [0.1, 0.15) is 0 Å². The number of nitrogens with zero attached hydrogens (tertiary/aromatic N) is 4. The van der Waals surface area contributed by atoms with Crippen LogP contribution >= 0.6 is 11.6 Å². The van der Waals surface area contributed by atoms with E-state index in [1.54, 1.807) is 18.5 Å². The molecule has 1 fully saturated rings. The highest BCUT2D eigenvalue weighted by molar-refractivity contribution is 6.29. The largest absolute Gasteiger partial charge is 0.252 e. The van der Waals surface area contributed by atoms with Crippen LogP contribution in [0.15, 0.2) is 18.5 Å². The summed E-state index contributed by atoms with van der Waals surface area (Å²) in [6.07, 6.45) is 5.23. The fourth-order valence-electron chi connectivity index (χ4n) is 1.54. The van der Waals surface area contributed by atoms with Crippen molar-refractivity contribution in [2.24, 2.45) is 0 Å². The monoisotopic (exact) mass is 238 g/mol. The first-order valence-corrected chi connectivity index (χ1v) is 5.36. The number of aromatic nitrogens is 4. The molecule has 2 aromatic heterocycles. The van der Waals surface area contributed by atoms with Crippen LogP contribution in [0.1, 0.15) is 24.5 Å². The van der Waals surface area contributed by atoms with E-state index in [0.717, 1.165) is 12.8 Å². The van der Waals surface area contributed by atoms with Gasteiger partial charge in [0.05, 0.1) is 5.69 Å². The minimum absolute atomic E-state index is 0.137. The summed E-state index contributed by atoms with van der Waals surface area (Å²) in [5.41, 5.74) is 0.408. The van der Waals surface area contributed by atoms with Crippen LogP contribution in [0.25, 0.3) is 5.95 Å². The SMILES string of the molecule is Fc1c(Cl)nc(-n2cccn2)nc1C1CC1. The van der Waals surface area contributed by atoms with E-state index in [4.69, 9.17) is 11.6 Å². The summed E-state index contributed by atoms with van der Waals surface area (Å²) < 4.78 is 15.1. The normalized spacial score (nSPS) is 15.4. The second kappa shape index (κ2) is 3.52. The molecule has 0 saturated heterocycles. The maximum Gasteiger partial charge on any atom is 0.252 e. The summed E-state index contributed by atoms with van der Waals surface area (Å²) in [6, 6.07) is 1.75. The number of hydrogen-bond acceptors (Lipinski definition) is 3. The molecule has 1 saturated carbocycles. The summed E-state index contributed by atoms with van der Waals surface area (Å²) in [4.78, 5) is 8.03. The highest BCUT2D eigenvalue weighted by atomic mass is 35.5. The molecule has 0 aromatic carbocycles. The zero-order valence-electron chi connectivity index (χ0n) is 8.27. The van der Waals surface area contributed by atoms with E-state index in [1.165, 1.54) is 4.68 Å². The summed E-state index contributed by atoms with van der Waals surface area (Å²) in [5, 5.41) is 3.85. The molecule has 2 aromatic rings. The lowest BCUT2D eigenvalue weighted by atomic mass is 10.3. The molecule has 0 aliphatic heterocycles. The molecule has 0 unspecified atom stereocenters. The second-order valence-electron chi connectivity index (χ2n) is 3.74. The molecule has 2 heterocycles. The minimum Gasteiger partial charge on any atom is -0.213 e. The Bertz CT molecular complexity index is 522. The van der Waals surface area contributed by atoms with E-state index >= 15 is 0 Å². The van der Waals surface area contributed by atoms with Crippen molar-refractivity contribution in [2.75, 3.05) is 0 Å². The van der Waals surface area contributed by atoms with Crippen LogP contribution in [0.2, 0.25) is 5.15 Å². The molecule has 0 bridgehead atoms. The van der Waals surface area contributed by atoms with Gasteiger partial charge in [-0.05, 0) is 18.9 Å². The Morgan fingerprint density at radius 2 is 2.19 bits per heavy atom. The number of hydrogen-bond donors (Lipinski definition) is 0. The van der Waals surface area contributed by atoms with Gasteiger partial charge in [0.2, 0.25) is 0 Å². The fraction of sp³-hybridized carbons (Fsp3) is 0.300. The first-order valence-electron chi connectivity index (χ1n) is 4.98. The Hall–Kier alpha value is -1.49. The average molecular weight is 239 g/mol. The molecular formula is C10H8ClFN4. The van der Waals surface area contributed by atoms with Crippen LogP contribution in [-0.2, 0) is 0 Å². The van der Waals surface area contributed by atoms with Crippen molar-refractivity contribution in [2.45, 2.75) is 18.8 Å². The van der Waals surface area contributed by atoms with Gasteiger partial charge in [0.25, 0.3) is 5.95 Å². The number of rotatable bonds is 2.